The van der Waals surface area contributed by atoms with Gasteiger partial charge in [-0.2, -0.15) is 0 Å². The van der Waals surface area contributed by atoms with Crippen molar-refractivity contribution < 1.29 is 4.74 Å². The molecule has 2 N–H and O–H groups in total. The van der Waals surface area contributed by atoms with E-state index in [0.29, 0.717) is 11.9 Å². The normalized spacial score (nSPS) is 17.3. The molecule has 2 aromatic heterocycles. The van der Waals surface area contributed by atoms with E-state index in [1.165, 1.54) is 24.8 Å². The quantitative estimate of drug-likeness (QED) is 0.782. The van der Waals surface area contributed by atoms with Gasteiger partial charge >= 0.3 is 0 Å². The lowest BCUT2D eigenvalue weighted by molar-refractivity contribution is 0.126. The number of methoxy groups -OCH3 is 1. The number of benzene rings is 1. The van der Waals surface area contributed by atoms with Crippen molar-refractivity contribution >= 4 is 16.6 Å². The lowest BCUT2D eigenvalue weighted by Crippen LogP contribution is -2.36. The zero-order chi connectivity index (χ0) is 17.7. The fourth-order valence-electron chi connectivity index (χ4n) is 4.06. The van der Waals surface area contributed by atoms with E-state index in [0.717, 1.165) is 46.5 Å². The van der Waals surface area contributed by atoms with Gasteiger partial charge in [0.25, 0.3) is 0 Å². The summed E-state index contributed by atoms with van der Waals surface area (Å²) in [5.41, 5.74) is 12.9. The molecule has 0 radical (unpaired) electrons. The predicted octanol–water partition coefficient (Wildman–Crippen LogP) is 3.76. The summed E-state index contributed by atoms with van der Waals surface area (Å²) < 4.78 is 5.17. The van der Waals surface area contributed by atoms with Gasteiger partial charge < -0.3 is 10.5 Å². The summed E-state index contributed by atoms with van der Waals surface area (Å²) in [6.45, 7) is 1.85. The molecule has 1 aromatic carbocycles. The van der Waals surface area contributed by atoms with E-state index < -0.39 is 0 Å². The summed E-state index contributed by atoms with van der Waals surface area (Å²) in [7, 11) is 1.62. The Hall–Kier alpha value is -2.66. The molecule has 0 bridgehead atoms. The van der Waals surface area contributed by atoms with Gasteiger partial charge in [-0.1, -0.05) is 24.6 Å². The zero-order valence-electron chi connectivity index (χ0n) is 14.9. The molecule has 0 spiro atoms. The molecule has 132 valence electrons. The zero-order valence-corrected chi connectivity index (χ0v) is 14.9. The van der Waals surface area contributed by atoms with Gasteiger partial charge in [0.2, 0.25) is 5.88 Å². The van der Waals surface area contributed by atoms with Crippen LogP contribution in [0.2, 0.25) is 0 Å². The van der Waals surface area contributed by atoms with Gasteiger partial charge in [0.05, 0.1) is 18.3 Å². The average Bonchev–Trinajstić information content (AvgIpc) is 3.04. The highest BCUT2D eigenvalue weighted by atomic mass is 16.5. The first kappa shape index (κ1) is 15.6. The molecule has 2 aliphatic rings. The molecule has 1 fully saturated rings. The van der Waals surface area contributed by atoms with Crippen molar-refractivity contribution in [1.29, 1.82) is 0 Å². The first-order valence-corrected chi connectivity index (χ1v) is 9.19. The molecule has 0 amide bonds. The highest BCUT2D eigenvalue weighted by Crippen LogP contribution is 2.39. The van der Waals surface area contributed by atoms with Gasteiger partial charge in [-0.15, -0.1) is 0 Å². The number of nitrogens with two attached hydrogens (primary N) is 1. The van der Waals surface area contributed by atoms with Crippen molar-refractivity contribution in [2.24, 2.45) is 0 Å². The highest BCUT2D eigenvalue weighted by Gasteiger charge is 2.32. The summed E-state index contributed by atoms with van der Waals surface area (Å²) in [5.74, 6) is 0.610. The standard InChI is InChI=1S/C21H22N4O/c1-26-19-9-8-13(10-23-19)15-6-3-7-16-20(22)17-11-25(14-4-2-5-14)12-18(17)24-21(15)16/h3,6-10,14H,2,4-5,11-12H2,1H3,(H2,22,24). The Morgan fingerprint density at radius 1 is 1.15 bits per heavy atom. The number of nitrogens with zero attached hydrogens (tertiary/aromatic N) is 3. The molecule has 0 atom stereocenters. The number of para-hydroxylation sites is 1. The molecule has 3 heterocycles. The number of hydrogen-bond acceptors (Lipinski definition) is 5. The number of nitrogen functional groups attached to an aromatic ring is 1. The topological polar surface area (TPSA) is 64.3 Å². The third-order valence-electron chi connectivity index (χ3n) is 5.81. The Morgan fingerprint density at radius 2 is 2.04 bits per heavy atom. The monoisotopic (exact) mass is 346 g/mol. The number of aromatic nitrogens is 2. The smallest absolute Gasteiger partial charge is 0.212 e. The van der Waals surface area contributed by atoms with Crippen LogP contribution in [-0.4, -0.2) is 28.0 Å². The molecule has 1 aliphatic carbocycles. The molecule has 5 heteroatoms. The van der Waals surface area contributed by atoms with Crippen LogP contribution in [-0.2, 0) is 13.1 Å². The van der Waals surface area contributed by atoms with Crippen LogP contribution in [0.15, 0.2) is 36.5 Å². The Balaban J connectivity index is 1.62. The van der Waals surface area contributed by atoms with Crippen LogP contribution in [0.5, 0.6) is 5.88 Å². The van der Waals surface area contributed by atoms with E-state index in [9.17, 15) is 0 Å². The third kappa shape index (κ3) is 2.35. The Labute approximate surface area is 152 Å². The Morgan fingerprint density at radius 3 is 2.73 bits per heavy atom. The van der Waals surface area contributed by atoms with Crippen LogP contribution in [0, 0.1) is 0 Å². The molecule has 0 saturated heterocycles. The molecule has 3 aromatic rings. The number of anilines is 1. The van der Waals surface area contributed by atoms with E-state index in [4.69, 9.17) is 15.5 Å². The molecule has 26 heavy (non-hydrogen) atoms. The van der Waals surface area contributed by atoms with Gasteiger partial charge in [-0.3, -0.25) is 9.88 Å². The van der Waals surface area contributed by atoms with Crippen molar-refractivity contribution in [1.82, 2.24) is 14.9 Å². The molecule has 5 nitrogen and oxygen atoms in total. The Bertz CT molecular complexity index is 979. The summed E-state index contributed by atoms with van der Waals surface area (Å²) in [6.07, 6.45) is 5.78. The molecule has 5 rings (SSSR count). The number of ether oxygens (including phenoxy) is 1. The van der Waals surface area contributed by atoms with Crippen molar-refractivity contribution in [3.63, 3.8) is 0 Å². The lowest BCUT2D eigenvalue weighted by Gasteiger charge is -2.34. The van der Waals surface area contributed by atoms with Crippen LogP contribution >= 0.6 is 0 Å². The minimum Gasteiger partial charge on any atom is -0.481 e. The van der Waals surface area contributed by atoms with Crippen LogP contribution < -0.4 is 10.5 Å². The minimum atomic E-state index is 0.610. The van der Waals surface area contributed by atoms with Crippen LogP contribution in [0.25, 0.3) is 22.0 Å². The van der Waals surface area contributed by atoms with Crippen molar-refractivity contribution in [3.8, 4) is 17.0 Å². The van der Waals surface area contributed by atoms with E-state index in [-0.39, 0.29) is 0 Å². The van der Waals surface area contributed by atoms with Crippen LogP contribution in [0.4, 0.5) is 5.69 Å². The van der Waals surface area contributed by atoms with Crippen molar-refractivity contribution in [2.45, 2.75) is 38.4 Å². The molecule has 1 saturated carbocycles. The largest absolute Gasteiger partial charge is 0.481 e. The van der Waals surface area contributed by atoms with Gasteiger partial charge in [0.15, 0.2) is 0 Å². The maximum absolute atomic E-state index is 6.58. The molecular formula is C21H22N4O. The number of rotatable bonds is 3. The average molecular weight is 346 g/mol. The van der Waals surface area contributed by atoms with Crippen LogP contribution in [0.3, 0.4) is 0 Å². The third-order valence-corrected chi connectivity index (χ3v) is 5.81. The lowest BCUT2D eigenvalue weighted by atomic mass is 9.92. The van der Waals surface area contributed by atoms with Gasteiger partial charge in [-0.25, -0.2) is 4.98 Å². The second-order valence-corrected chi connectivity index (χ2v) is 7.23. The SMILES string of the molecule is COc1ccc(-c2cccc3c(N)c4c(nc23)CN(C2CCC2)C4)cn1. The first-order chi connectivity index (χ1) is 12.7. The van der Waals surface area contributed by atoms with Crippen molar-refractivity contribution in [3.05, 3.63) is 47.8 Å². The second kappa shape index (κ2) is 5.95. The fourth-order valence-corrected chi connectivity index (χ4v) is 4.06. The van der Waals surface area contributed by atoms with E-state index >= 15 is 0 Å². The molecule has 1 aliphatic heterocycles. The van der Waals surface area contributed by atoms with Gasteiger partial charge in [0.1, 0.15) is 0 Å². The first-order valence-electron chi connectivity index (χ1n) is 9.19. The molecular weight excluding hydrogens is 324 g/mol. The maximum atomic E-state index is 6.58. The van der Waals surface area contributed by atoms with E-state index in [1.54, 1.807) is 7.11 Å². The summed E-state index contributed by atoms with van der Waals surface area (Å²) in [4.78, 5) is 11.9. The highest BCUT2D eigenvalue weighted by molar-refractivity contribution is 6.01. The fraction of sp³-hybridized carbons (Fsp3) is 0.333. The van der Waals surface area contributed by atoms with E-state index in [1.807, 2.05) is 24.4 Å². The maximum Gasteiger partial charge on any atom is 0.212 e. The number of pyridine rings is 2. The number of fused-ring (bicyclic) bond motifs is 2. The molecule has 0 unspecified atom stereocenters. The predicted molar refractivity (Wildman–Crippen MR) is 103 cm³/mol. The summed E-state index contributed by atoms with van der Waals surface area (Å²) in [5, 5.41) is 1.03. The minimum absolute atomic E-state index is 0.610. The van der Waals surface area contributed by atoms with Gasteiger partial charge in [0, 0.05) is 59.2 Å². The summed E-state index contributed by atoms with van der Waals surface area (Å²) in [6, 6.07) is 10.8. The second-order valence-electron chi connectivity index (χ2n) is 7.23. The summed E-state index contributed by atoms with van der Waals surface area (Å²) >= 11 is 0. The Kier molecular flexibility index (Phi) is 3.57. The van der Waals surface area contributed by atoms with E-state index in [2.05, 4.69) is 22.0 Å². The van der Waals surface area contributed by atoms with Crippen LogP contribution in [0.1, 0.15) is 30.5 Å². The van der Waals surface area contributed by atoms with Crippen molar-refractivity contribution in [2.75, 3.05) is 12.8 Å². The number of hydrogen-bond donors (Lipinski definition) is 1. The van der Waals surface area contributed by atoms with Gasteiger partial charge in [-0.05, 0) is 18.9 Å².